The van der Waals surface area contributed by atoms with Crippen LogP contribution < -0.4 is 5.32 Å². The Labute approximate surface area is 108 Å². The molecule has 1 rings (SSSR count). The highest BCUT2D eigenvalue weighted by atomic mass is 19.4. The number of halogens is 3. The normalized spacial score (nSPS) is 23.3. The van der Waals surface area contributed by atoms with Crippen LogP contribution in [0.25, 0.3) is 0 Å². The van der Waals surface area contributed by atoms with Gasteiger partial charge in [0.25, 0.3) is 0 Å². The number of hydrogen-bond donors (Lipinski definition) is 2. The van der Waals surface area contributed by atoms with Crippen LogP contribution in [0.15, 0.2) is 0 Å². The minimum atomic E-state index is -4.37. The molecule has 0 aromatic rings. The molecule has 0 bridgehead atoms. The molecule has 0 aliphatic heterocycles. The predicted molar refractivity (Wildman–Crippen MR) is 58.4 cm³/mol. The van der Waals surface area contributed by atoms with Crippen molar-refractivity contribution in [3.63, 3.8) is 0 Å². The molecule has 1 saturated carbocycles. The van der Waals surface area contributed by atoms with E-state index in [0.717, 1.165) is 0 Å². The number of hydrogen-bond acceptors (Lipinski definition) is 3. The second kappa shape index (κ2) is 6.74. The van der Waals surface area contributed by atoms with Crippen LogP contribution in [0.4, 0.5) is 13.2 Å². The van der Waals surface area contributed by atoms with Gasteiger partial charge in [-0.1, -0.05) is 0 Å². The molecule has 1 aliphatic rings. The van der Waals surface area contributed by atoms with Crippen molar-refractivity contribution < 1.29 is 32.6 Å². The average Bonchev–Trinajstić information content (AvgIpc) is 2.76. The van der Waals surface area contributed by atoms with Crippen molar-refractivity contribution in [3.05, 3.63) is 0 Å². The largest absolute Gasteiger partial charge is 0.481 e. The fraction of sp³-hybridized carbons (Fsp3) is 0.818. The number of carbonyl (C=O) groups is 2. The monoisotopic (exact) mass is 283 g/mol. The lowest BCUT2D eigenvalue weighted by atomic mass is 10.0. The first kappa shape index (κ1) is 15.7. The average molecular weight is 283 g/mol. The van der Waals surface area contributed by atoms with Gasteiger partial charge in [-0.05, 0) is 19.3 Å². The Hall–Kier alpha value is -1.31. The number of alkyl halides is 3. The molecule has 1 fully saturated rings. The smallest absolute Gasteiger partial charge is 0.411 e. The molecule has 110 valence electrons. The van der Waals surface area contributed by atoms with Gasteiger partial charge in [0.05, 0.1) is 12.5 Å². The van der Waals surface area contributed by atoms with Gasteiger partial charge in [-0.25, -0.2) is 0 Å². The van der Waals surface area contributed by atoms with Gasteiger partial charge >= 0.3 is 12.1 Å². The fourth-order valence-electron chi connectivity index (χ4n) is 2.02. The second-order valence-electron chi connectivity index (χ2n) is 4.50. The van der Waals surface area contributed by atoms with E-state index in [0.29, 0.717) is 12.8 Å². The number of rotatable bonds is 6. The summed E-state index contributed by atoms with van der Waals surface area (Å²) in [7, 11) is 0. The predicted octanol–water partition coefficient (Wildman–Crippen LogP) is 1.18. The standard InChI is InChI=1S/C11H16F3NO4/c12-11(13,14)6-19-4-3-15-9(16)7-1-2-8(5-7)10(17)18/h7-8H,1-6H2,(H,15,16)(H,17,18)/t7-,8+/m0/s1. The molecule has 2 atom stereocenters. The third kappa shape index (κ3) is 5.91. The Kier molecular flexibility index (Phi) is 5.59. The number of nitrogens with one attached hydrogen (secondary N) is 1. The molecule has 0 aromatic carbocycles. The lowest BCUT2D eigenvalue weighted by Gasteiger charge is -2.11. The van der Waals surface area contributed by atoms with Gasteiger partial charge in [0.15, 0.2) is 0 Å². The molecule has 0 heterocycles. The van der Waals surface area contributed by atoms with E-state index >= 15 is 0 Å². The van der Waals surface area contributed by atoms with E-state index in [1.54, 1.807) is 0 Å². The summed E-state index contributed by atoms with van der Waals surface area (Å²) in [5, 5.41) is 11.2. The van der Waals surface area contributed by atoms with E-state index in [2.05, 4.69) is 10.1 Å². The van der Waals surface area contributed by atoms with E-state index in [1.165, 1.54) is 0 Å². The van der Waals surface area contributed by atoms with Crippen molar-refractivity contribution in [2.75, 3.05) is 19.8 Å². The highest BCUT2D eigenvalue weighted by Gasteiger charge is 2.33. The highest BCUT2D eigenvalue weighted by molar-refractivity contribution is 5.80. The number of carbonyl (C=O) groups excluding carboxylic acids is 1. The number of carboxylic acids is 1. The van der Waals surface area contributed by atoms with E-state index in [1.807, 2.05) is 0 Å². The lowest BCUT2D eigenvalue weighted by molar-refractivity contribution is -0.173. The van der Waals surface area contributed by atoms with Crippen molar-refractivity contribution in [1.82, 2.24) is 5.32 Å². The van der Waals surface area contributed by atoms with Crippen LogP contribution >= 0.6 is 0 Å². The fourth-order valence-corrected chi connectivity index (χ4v) is 2.02. The van der Waals surface area contributed by atoms with Crippen LogP contribution in [0.5, 0.6) is 0 Å². The van der Waals surface area contributed by atoms with Gasteiger partial charge in [-0.2, -0.15) is 13.2 Å². The minimum absolute atomic E-state index is 0.0108. The summed E-state index contributed by atoms with van der Waals surface area (Å²) in [5.74, 6) is -2.11. The van der Waals surface area contributed by atoms with Gasteiger partial charge in [0.2, 0.25) is 5.91 Å². The highest BCUT2D eigenvalue weighted by Crippen LogP contribution is 2.30. The summed E-state index contributed by atoms with van der Waals surface area (Å²) >= 11 is 0. The quantitative estimate of drug-likeness (QED) is 0.718. The molecule has 19 heavy (non-hydrogen) atoms. The van der Waals surface area contributed by atoms with Crippen LogP contribution in [0.3, 0.4) is 0 Å². The maximum atomic E-state index is 11.7. The van der Waals surface area contributed by atoms with E-state index < -0.39 is 24.7 Å². The summed E-state index contributed by atoms with van der Waals surface area (Å²) in [6, 6.07) is 0. The molecule has 2 N–H and O–H groups in total. The third-order valence-corrected chi connectivity index (χ3v) is 2.96. The first-order valence-corrected chi connectivity index (χ1v) is 5.94. The van der Waals surface area contributed by atoms with Crippen molar-refractivity contribution in [3.8, 4) is 0 Å². The topological polar surface area (TPSA) is 75.6 Å². The number of aliphatic carboxylic acids is 1. The first-order chi connectivity index (χ1) is 8.79. The van der Waals surface area contributed by atoms with E-state index in [4.69, 9.17) is 5.11 Å². The molecule has 1 amide bonds. The summed E-state index contributed by atoms with van der Waals surface area (Å²) in [4.78, 5) is 22.3. The first-order valence-electron chi connectivity index (χ1n) is 5.94. The van der Waals surface area contributed by atoms with Gasteiger partial charge < -0.3 is 15.2 Å². The molecule has 0 aromatic heterocycles. The molecule has 5 nitrogen and oxygen atoms in total. The Morgan fingerprint density at radius 1 is 1.26 bits per heavy atom. The van der Waals surface area contributed by atoms with Crippen LogP contribution in [-0.2, 0) is 14.3 Å². The number of amides is 1. The van der Waals surface area contributed by atoms with Gasteiger partial charge in [0.1, 0.15) is 6.61 Å². The maximum absolute atomic E-state index is 11.7. The zero-order valence-corrected chi connectivity index (χ0v) is 10.2. The molecule has 0 saturated heterocycles. The van der Waals surface area contributed by atoms with Crippen LogP contribution in [0.2, 0.25) is 0 Å². The van der Waals surface area contributed by atoms with Crippen molar-refractivity contribution in [2.24, 2.45) is 11.8 Å². The van der Waals surface area contributed by atoms with Crippen molar-refractivity contribution in [1.29, 1.82) is 0 Å². The van der Waals surface area contributed by atoms with Crippen LogP contribution in [-0.4, -0.2) is 42.9 Å². The van der Waals surface area contributed by atoms with Gasteiger partial charge in [-0.15, -0.1) is 0 Å². The Bertz CT molecular complexity index is 332. The SMILES string of the molecule is O=C(O)[C@@H]1CC[C@H](C(=O)NCCOCC(F)(F)F)C1. The van der Waals surface area contributed by atoms with Gasteiger partial charge in [-0.3, -0.25) is 9.59 Å². The van der Waals surface area contributed by atoms with Crippen LogP contribution in [0.1, 0.15) is 19.3 Å². The van der Waals surface area contributed by atoms with Crippen molar-refractivity contribution in [2.45, 2.75) is 25.4 Å². The molecule has 0 spiro atoms. The van der Waals surface area contributed by atoms with E-state index in [9.17, 15) is 22.8 Å². The number of ether oxygens (including phenoxy) is 1. The Morgan fingerprint density at radius 2 is 1.89 bits per heavy atom. The molecule has 0 radical (unpaired) electrons. The molecule has 0 unspecified atom stereocenters. The molecular formula is C11H16F3NO4. The third-order valence-electron chi connectivity index (χ3n) is 2.96. The summed E-state index contributed by atoms with van der Waals surface area (Å²) in [5.41, 5.74) is 0. The minimum Gasteiger partial charge on any atom is -0.481 e. The molecule has 8 heteroatoms. The zero-order chi connectivity index (χ0) is 14.5. The summed E-state index contributed by atoms with van der Waals surface area (Å²) in [6.45, 7) is -1.57. The Balaban J connectivity index is 2.14. The lowest BCUT2D eigenvalue weighted by Crippen LogP contribution is -2.33. The summed E-state index contributed by atoms with van der Waals surface area (Å²) < 4.78 is 39.6. The van der Waals surface area contributed by atoms with Crippen LogP contribution in [0, 0.1) is 11.8 Å². The van der Waals surface area contributed by atoms with Gasteiger partial charge in [0, 0.05) is 12.5 Å². The Morgan fingerprint density at radius 3 is 2.42 bits per heavy atom. The summed E-state index contributed by atoms with van der Waals surface area (Å²) in [6.07, 6.45) is -3.14. The zero-order valence-electron chi connectivity index (χ0n) is 10.2. The van der Waals surface area contributed by atoms with E-state index in [-0.39, 0.29) is 31.4 Å². The second-order valence-corrected chi connectivity index (χ2v) is 4.50. The van der Waals surface area contributed by atoms with Crippen molar-refractivity contribution >= 4 is 11.9 Å². The molecule has 1 aliphatic carbocycles. The number of carboxylic acid groups (broad SMARTS) is 1. The molecular weight excluding hydrogens is 267 g/mol. The maximum Gasteiger partial charge on any atom is 0.411 e.